The zero-order valence-electron chi connectivity index (χ0n) is 16.5. The van der Waals surface area contributed by atoms with Crippen LogP contribution in [0.15, 0.2) is 78.9 Å². The van der Waals surface area contributed by atoms with E-state index >= 15 is 0 Å². The molecule has 3 rings (SSSR count). The molecule has 0 bridgehead atoms. The smallest absolute Gasteiger partial charge is 0.248 e. The molecule has 3 aromatic carbocycles. The Labute approximate surface area is 176 Å². The summed E-state index contributed by atoms with van der Waals surface area (Å²) >= 11 is 6.12. The van der Waals surface area contributed by atoms with Gasteiger partial charge in [-0.25, -0.2) is 0 Å². The van der Waals surface area contributed by atoms with Gasteiger partial charge in [-0.2, -0.15) is 0 Å². The first-order chi connectivity index (χ1) is 13.9. The Hall–Kier alpha value is -2.88. The van der Waals surface area contributed by atoms with Crippen LogP contribution >= 0.6 is 11.6 Å². The molecule has 2 N–H and O–H groups in total. The zero-order valence-corrected chi connectivity index (χ0v) is 17.2. The Bertz CT molecular complexity index is 995. The number of carbonyl (C=O) groups excluding carboxylic acids is 1. The molecule has 0 heterocycles. The van der Waals surface area contributed by atoms with Crippen LogP contribution in [-0.2, 0) is 4.79 Å². The summed E-state index contributed by atoms with van der Waals surface area (Å²) in [6, 6.07) is 22.4. The fraction of sp³-hybridized carbons (Fsp3) is 0.160. The van der Waals surface area contributed by atoms with Crippen LogP contribution in [0.1, 0.15) is 48.1 Å². The van der Waals surface area contributed by atoms with Crippen LogP contribution in [0, 0.1) is 0 Å². The van der Waals surface area contributed by atoms with E-state index in [0.717, 1.165) is 11.1 Å². The maximum atomic E-state index is 12.4. The van der Waals surface area contributed by atoms with Gasteiger partial charge < -0.3 is 10.4 Å². The second-order valence-electron chi connectivity index (χ2n) is 7.19. The second kappa shape index (κ2) is 9.55. The molecule has 0 fully saturated rings. The minimum Gasteiger partial charge on any atom is -0.384 e. The van der Waals surface area contributed by atoms with E-state index in [4.69, 9.17) is 11.6 Å². The number of aliphatic hydroxyl groups is 1. The third kappa shape index (κ3) is 5.57. The molecule has 0 aromatic heterocycles. The predicted octanol–water partition coefficient (Wildman–Crippen LogP) is 6.20. The number of anilines is 1. The van der Waals surface area contributed by atoms with Gasteiger partial charge in [-0.15, -0.1) is 0 Å². The standard InChI is InChI=1S/C25H24ClNO2/c1-17(2)19-11-8-18(9-12-19)10-15-24(28)27-23-14-13-21(26)16-22(23)25(29)20-6-4-3-5-7-20/h3-17,25,29H,1-2H3,(H,27,28)/b15-10+/t25-/m1/s1. The Morgan fingerprint density at radius 2 is 1.66 bits per heavy atom. The summed E-state index contributed by atoms with van der Waals surface area (Å²) < 4.78 is 0. The lowest BCUT2D eigenvalue weighted by Crippen LogP contribution is -2.12. The number of hydrogen-bond donors (Lipinski definition) is 2. The van der Waals surface area contributed by atoms with Crippen molar-refractivity contribution in [3.05, 3.63) is 106 Å². The Balaban J connectivity index is 1.76. The first-order valence-electron chi connectivity index (χ1n) is 9.55. The van der Waals surface area contributed by atoms with Crippen LogP contribution in [0.3, 0.4) is 0 Å². The van der Waals surface area contributed by atoms with Crippen LogP contribution in [0.5, 0.6) is 0 Å². The Kier molecular flexibility index (Phi) is 6.86. The maximum absolute atomic E-state index is 12.4. The van der Waals surface area contributed by atoms with Crippen molar-refractivity contribution in [1.29, 1.82) is 0 Å². The largest absolute Gasteiger partial charge is 0.384 e. The van der Waals surface area contributed by atoms with Crippen LogP contribution in [0.2, 0.25) is 5.02 Å². The zero-order chi connectivity index (χ0) is 20.8. The van der Waals surface area contributed by atoms with Crippen LogP contribution in [0.4, 0.5) is 5.69 Å². The first kappa shape index (κ1) is 20.8. The van der Waals surface area contributed by atoms with Crippen molar-refractivity contribution in [2.75, 3.05) is 5.32 Å². The average Bonchev–Trinajstić information content (AvgIpc) is 2.74. The van der Waals surface area contributed by atoms with Gasteiger partial charge in [-0.05, 0) is 46.9 Å². The lowest BCUT2D eigenvalue weighted by molar-refractivity contribution is -0.111. The number of benzene rings is 3. The molecular formula is C25H24ClNO2. The van der Waals surface area contributed by atoms with E-state index in [9.17, 15) is 9.90 Å². The second-order valence-corrected chi connectivity index (χ2v) is 7.63. The molecule has 3 nitrogen and oxygen atoms in total. The molecule has 1 amide bonds. The van der Waals surface area contributed by atoms with Gasteiger partial charge in [-0.3, -0.25) is 4.79 Å². The lowest BCUT2D eigenvalue weighted by atomic mass is 10.00. The van der Waals surface area contributed by atoms with Crippen molar-refractivity contribution in [1.82, 2.24) is 0 Å². The summed E-state index contributed by atoms with van der Waals surface area (Å²) in [6.07, 6.45) is 2.36. The molecule has 0 aliphatic carbocycles. The van der Waals surface area contributed by atoms with Gasteiger partial charge in [-0.1, -0.05) is 80.0 Å². The lowest BCUT2D eigenvalue weighted by Gasteiger charge is -2.16. The number of aliphatic hydroxyl groups excluding tert-OH is 1. The molecule has 0 aliphatic heterocycles. The first-order valence-corrected chi connectivity index (χ1v) is 9.93. The van der Waals surface area contributed by atoms with E-state index in [1.165, 1.54) is 11.6 Å². The normalized spacial score (nSPS) is 12.3. The molecule has 1 atom stereocenters. The van der Waals surface area contributed by atoms with Crippen LogP contribution in [-0.4, -0.2) is 11.0 Å². The molecule has 0 spiro atoms. The van der Waals surface area contributed by atoms with E-state index in [0.29, 0.717) is 22.2 Å². The van der Waals surface area contributed by atoms with Crippen LogP contribution in [0.25, 0.3) is 6.08 Å². The highest BCUT2D eigenvalue weighted by molar-refractivity contribution is 6.30. The average molecular weight is 406 g/mol. The summed E-state index contributed by atoms with van der Waals surface area (Å²) in [6.45, 7) is 4.29. The van der Waals surface area contributed by atoms with Gasteiger partial charge >= 0.3 is 0 Å². The third-order valence-electron chi connectivity index (χ3n) is 4.71. The number of halogens is 1. The molecule has 0 saturated heterocycles. The van der Waals surface area contributed by atoms with E-state index in [1.54, 1.807) is 24.3 Å². The van der Waals surface area contributed by atoms with E-state index in [1.807, 2.05) is 42.5 Å². The van der Waals surface area contributed by atoms with Crippen LogP contribution < -0.4 is 5.32 Å². The molecule has 0 radical (unpaired) electrons. The van der Waals surface area contributed by atoms with Gasteiger partial charge in [0.25, 0.3) is 0 Å². The van der Waals surface area contributed by atoms with Crippen molar-refractivity contribution in [2.24, 2.45) is 0 Å². The highest BCUT2D eigenvalue weighted by Gasteiger charge is 2.16. The monoisotopic (exact) mass is 405 g/mol. The molecule has 0 aliphatic rings. The fourth-order valence-corrected chi connectivity index (χ4v) is 3.21. The maximum Gasteiger partial charge on any atom is 0.248 e. The summed E-state index contributed by atoms with van der Waals surface area (Å²) in [5, 5.41) is 14.1. The van der Waals surface area contributed by atoms with Gasteiger partial charge in [0.15, 0.2) is 0 Å². The Morgan fingerprint density at radius 3 is 2.31 bits per heavy atom. The van der Waals surface area contributed by atoms with Gasteiger partial charge in [0.1, 0.15) is 6.10 Å². The Morgan fingerprint density at radius 1 is 0.966 bits per heavy atom. The number of carbonyl (C=O) groups is 1. The number of rotatable bonds is 6. The molecule has 0 saturated carbocycles. The summed E-state index contributed by atoms with van der Waals surface area (Å²) in [7, 11) is 0. The van der Waals surface area contributed by atoms with Crippen molar-refractivity contribution in [2.45, 2.75) is 25.9 Å². The number of hydrogen-bond acceptors (Lipinski definition) is 2. The molecule has 0 unspecified atom stereocenters. The number of amides is 1. The van der Waals surface area contributed by atoms with E-state index in [-0.39, 0.29) is 5.91 Å². The van der Waals surface area contributed by atoms with Crippen molar-refractivity contribution in [3.8, 4) is 0 Å². The highest BCUT2D eigenvalue weighted by atomic mass is 35.5. The molecular weight excluding hydrogens is 382 g/mol. The minimum absolute atomic E-state index is 0.276. The van der Waals surface area contributed by atoms with Gasteiger partial charge in [0.2, 0.25) is 5.91 Å². The topological polar surface area (TPSA) is 49.3 Å². The van der Waals surface area contributed by atoms with Crippen molar-refractivity contribution >= 4 is 29.3 Å². The molecule has 148 valence electrons. The van der Waals surface area contributed by atoms with Crippen molar-refractivity contribution in [3.63, 3.8) is 0 Å². The fourth-order valence-electron chi connectivity index (χ4n) is 3.03. The van der Waals surface area contributed by atoms with E-state index < -0.39 is 6.10 Å². The summed E-state index contributed by atoms with van der Waals surface area (Å²) in [5.41, 5.74) is 4.01. The number of nitrogens with one attached hydrogen (secondary N) is 1. The molecule has 3 aromatic rings. The van der Waals surface area contributed by atoms with Crippen molar-refractivity contribution < 1.29 is 9.90 Å². The van der Waals surface area contributed by atoms with Gasteiger partial charge in [0.05, 0.1) is 0 Å². The quantitative estimate of drug-likeness (QED) is 0.480. The predicted molar refractivity (Wildman–Crippen MR) is 120 cm³/mol. The van der Waals surface area contributed by atoms with E-state index in [2.05, 4.69) is 31.3 Å². The summed E-state index contributed by atoms with van der Waals surface area (Å²) in [4.78, 5) is 12.4. The SMILES string of the molecule is CC(C)c1ccc(/C=C/C(=O)Nc2ccc(Cl)cc2[C@H](O)c2ccccc2)cc1. The third-order valence-corrected chi connectivity index (χ3v) is 4.95. The summed E-state index contributed by atoms with van der Waals surface area (Å²) in [5.74, 6) is 0.192. The molecule has 4 heteroatoms. The minimum atomic E-state index is -0.891. The highest BCUT2D eigenvalue weighted by Crippen LogP contribution is 2.31. The molecule has 29 heavy (non-hydrogen) atoms. The van der Waals surface area contributed by atoms with Gasteiger partial charge in [0, 0.05) is 22.3 Å².